The van der Waals surface area contributed by atoms with Gasteiger partial charge in [-0.15, -0.1) is 0 Å². The third-order valence-corrected chi connectivity index (χ3v) is 5.42. The first-order valence-corrected chi connectivity index (χ1v) is 8.88. The topological polar surface area (TPSA) is 44.1 Å². The molecule has 24 heavy (non-hydrogen) atoms. The lowest BCUT2D eigenvalue weighted by Crippen LogP contribution is -2.02. The van der Waals surface area contributed by atoms with Crippen molar-refractivity contribution in [1.82, 2.24) is 9.78 Å². The van der Waals surface area contributed by atoms with Crippen LogP contribution in [0.3, 0.4) is 0 Å². The molecule has 0 aliphatic heterocycles. The first kappa shape index (κ1) is 16.7. The minimum Gasteiger partial charge on any atom is -0.487 e. The Hall–Kier alpha value is -2.14. The molecule has 0 saturated carbocycles. The minimum atomic E-state index is 0.114. The number of rotatable bonds is 4. The van der Waals surface area contributed by atoms with E-state index >= 15 is 0 Å². The minimum absolute atomic E-state index is 0.114. The summed E-state index contributed by atoms with van der Waals surface area (Å²) < 4.78 is 8.87. The summed E-state index contributed by atoms with van der Waals surface area (Å²) in [6.45, 7) is 8.60. The van der Waals surface area contributed by atoms with Gasteiger partial charge in [0.05, 0.1) is 0 Å². The molecule has 0 N–H and O–H groups in total. The van der Waals surface area contributed by atoms with Gasteiger partial charge in [0.15, 0.2) is 0 Å². The van der Waals surface area contributed by atoms with Crippen molar-refractivity contribution >= 4 is 21.4 Å². The van der Waals surface area contributed by atoms with E-state index in [1.54, 1.807) is 0 Å². The summed E-state index contributed by atoms with van der Waals surface area (Å²) in [5.74, 6) is 1.19. The van der Waals surface area contributed by atoms with E-state index in [-0.39, 0.29) is 4.74 Å². The molecule has 0 unspecified atom stereocenters. The zero-order chi connectivity index (χ0) is 17.4. The summed E-state index contributed by atoms with van der Waals surface area (Å²) in [6.07, 6.45) is 0. The second-order valence-corrected chi connectivity index (χ2v) is 7.44. The fraction of sp³-hybridized carbons (Fsp3) is 0.368. The summed E-state index contributed by atoms with van der Waals surface area (Å²) in [4.78, 5) is 12.0. The Morgan fingerprint density at radius 3 is 2.62 bits per heavy atom. The average Bonchev–Trinajstić information content (AvgIpc) is 2.92. The molecule has 0 saturated heterocycles. The second kappa shape index (κ2) is 6.40. The number of hydrogen-bond donors (Lipinski definition) is 0. The Bertz CT molecular complexity index is 954. The highest BCUT2D eigenvalue weighted by molar-refractivity contribution is 7.16. The SMILES string of the molecule is Cc1c(C)c2ccc(OCc3cc(C(C)C)n(C)n3)cc2sc1=O. The number of nitrogens with zero attached hydrogens (tertiary/aromatic N) is 2. The predicted molar refractivity (Wildman–Crippen MR) is 99.2 cm³/mol. The fourth-order valence-corrected chi connectivity index (χ4v) is 3.84. The molecule has 1 aromatic carbocycles. The zero-order valence-electron chi connectivity index (χ0n) is 14.7. The van der Waals surface area contributed by atoms with Gasteiger partial charge < -0.3 is 4.74 Å². The van der Waals surface area contributed by atoms with Crippen LogP contribution in [-0.2, 0) is 13.7 Å². The predicted octanol–water partition coefficient (Wildman–Crippen LogP) is 4.31. The molecule has 2 heterocycles. The molecule has 5 heteroatoms. The van der Waals surface area contributed by atoms with Crippen molar-refractivity contribution in [2.75, 3.05) is 0 Å². The van der Waals surface area contributed by atoms with E-state index in [0.717, 1.165) is 32.7 Å². The quantitative estimate of drug-likeness (QED) is 0.709. The van der Waals surface area contributed by atoms with Gasteiger partial charge in [-0.1, -0.05) is 25.2 Å². The van der Waals surface area contributed by atoms with E-state index in [0.29, 0.717) is 12.5 Å². The van der Waals surface area contributed by atoms with E-state index < -0.39 is 0 Å². The Morgan fingerprint density at radius 1 is 1.21 bits per heavy atom. The Labute approximate surface area is 145 Å². The molecule has 2 aromatic heterocycles. The molecular formula is C19H22N2O2S. The highest BCUT2D eigenvalue weighted by Gasteiger charge is 2.10. The van der Waals surface area contributed by atoms with Gasteiger partial charge in [-0.2, -0.15) is 5.10 Å². The molecule has 0 atom stereocenters. The smallest absolute Gasteiger partial charge is 0.236 e. The largest absolute Gasteiger partial charge is 0.487 e. The van der Waals surface area contributed by atoms with Gasteiger partial charge in [-0.3, -0.25) is 9.48 Å². The molecule has 0 amide bonds. The lowest BCUT2D eigenvalue weighted by Gasteiger charge is -2.08. The van der Waals surface area contributed by atoms with Crippen LogP contribution < -0.4 is 9.48 Å². The van der Waals surface area contributed by atoms with Crippen molar-refractivity contribution in [2.45, 2.75) is 40.2 Å². The maximum Gasteiger partial charge on any atom is 0.236 e. The molecule has 3 rings (SSSR count). The maximum absolute atomic E-state index is 12.0. The molecule has 0 spiro atoms. The van der Waals surface area contributed by atoms with Crippen LogP contribution in [0.4, 0.5) is 0 Å². The van der Waals surface area contributed by atoms with Crippen LogP contribution in [0.25, 0.3) is 10.1 Å². The molecule has 0 fully saturated rings. The first-order valence-electron chi connectivity index (χ1n) is 8.06. The monoisotopic (exact) mass is 342 g/mol. The molecule has 126 valence electrons. The van der Waals surface area contributed by atoms with E-state index in [2.05, 4.69) is 25.0 Å². The van der Waals surface area contributed by atoms with Gasteiger partial charge in [-0.25, -0.2) is 0 Å². The van der Waals surface area contributed by atoms with Gasteiger partial charge in [-0.05, 0) is 55.0 Å². The lowest BCUT2D eigenvalue weighted by atomic mass is 10.1. The summed E-state index contributed by atoms with van der Waals surface area (Å²) in [7, 11) is 1.96. The van der Waals surface area contributed by atoms with Gasteiger partial charge in [0, 0.05) is 23.0 Å². The average molecular weight is 342 g/mol. The number of benzene rings is 1. The summed E-state index contributed by atoms with van der Waals surface area (Å²) >= 11 is 1.27. The van der Waals surface area contributed by atoms with Crippen LogP contribution in [0.2, 0.25) is 0 Å². The standard InChI is InChI=1S/C19H22N2O2S/c1-11(2)17-8-14(20-21(17)5)10-23-15-6-7-16-12(3)13(4)19(22)24-18(16)9-15/h6-9,11H,10H2,1-5H3. The van der Waals surface area contributed by atoms with Crippen LogP contribution >= 0.6 is 11.3 Å². The third-order valence-electron chi connectivity index (χ3n) is 4.37. The highest BCUT2D eigenvalue weighted by atomic mass is 32.1. The van der Waals surface area contributed by atoms with Crippen molar-refractivity contribution in [1.29, 1.82) is 0 Å². The van der Waals surface area contributed by atoms with Gasteiger partial charge in [0.1, 0.15) is 18.1 Å². The van der Waals surface area contributed by atoms with Gasteiger partial charge in [0.25, 0.3) is 0 Å². The fourth-order valence-electron chi connectivity index (χ4n) is 2.83. The molecule has 0 radical (unpaired) electrons. The van der Waals surface area contributed by atoms with Crippen LogP contribution in [-0.4, -0.2) is 9.78 Å². The Balaban J connectivity index is 1.84. The second-order valence-electron chi connectivity index (χ2n) is 6.43. The normalized spacial score (nSPS) is 11.4. The molecule has 0 aliphatic carbocycles. The number of aryl methyl sites for hydroxylation is 2. The zero-order valence-corrected chi connectivity index (χ0v) is 15.5. The number of fused-ring (bicyclic) bond motifs is 1. The van der Waals surface area contributed by atoms with Crippen molar-refractivity contribution in [2.24, 2.45) is 7.05 Å². The van der Waals surface area contributed by atoms with Crippen molar-refractivity contribution in [3.8, 4) is 5.75 Å². The number of ether oxygens (including phenoxy) is 1. The summed E-state index contributed by atoms with van der Waals surface area (Å²) in [5, 5.41) is 5.61. The highest BCUT2D eigenvalue weighted by Crippen LogP contribution is 2.27. The van der Waals surface area contributed by atoms with E-state index in [4.69, 9.17) is 4.74 Å². The molecule has 4 nitrogen and oxygen atoms in total. The number of hydrogen-bond acceptors (Lipinski definition) is 4. The van der Waals surface area contributed by atoms with Crippen LogP contribution in [0.5, 0.6) is 5.75 Å². The lowest BCUT2D eigenvalue weighted by molar-refractivity contribution is 0.300. The van der Waals surface area contributed by atoms with Crippen LogP contribution in [0.1, 0.15) is 42.3 Å². The van der Waals surface area contributed by atoms with Crippen molar-refractivity contribution < 1.29 is 4.74 Å². The third kappa shape index (κ3) is 3.08. The number of aromatic nitrogens is 2. The van der Waals surface area contributed by atoms with E-state index in [1.807, 2.05) is 43.8 Å². The summed E-state index contributed by atoms with van der Waals surface area (Å²) in [5.41, 5.74) is 3.98. The summed E-state index contributed by atoms with van der Waals surface area (Å²) in [6, 6.07) is 8.01. The van der Waals surface area contributed by atoms with Crippen molar-refractivity contribution in [3.05, 3.63) is 56.3 Å². The van der Waals surface area contributed by atoms with Crippen molar-refractivity contribution in [3.63, 3.8) is 0 Å². The van der Waals surface area contributed by atoms with E-state index in [1.165, 1.54) is 17.0 Å². The Morgan fingerprint density at radius 2 is 1.96 bits per heavy atom. The molecular weight excluding hydrogens is 320 g/mol. The maximum atomic E-state index is 12.0. The first-order chi connectivity index (χ1) is 11.4. The van der Waals surface area contributed by atoms with Crippen LogP contribution in [0.15, 0.2) is 29.1 Å². The van der Waals surface area contributed by atoms with Gasteiger partial charge in [0.2, 0.25) is 4.74 Å². The molecule has 0 bridgehead atoms. The Kier molecular flexibility index (Phi) is 4.45. The molecule has 3 aromatic rings. The van der Waals surface area contributed by atoms with Gasteiger partial charge >= 0.3 is 0 Å². The molecule has 0 aliphatic rings. The van der Waals surface area contributed by atoms with E-state index in [9.17, 15) is 4.79 Å². The van der Waals surface area contributed by atoms with Crippen LogP contribution in [0, 0.1) is 13.8 Å².